The summed E-state index contributed by atoms with van der Waals surface area (Å²) in [5, 5.41) is 19.0. The molecule has 1 heterocycles. The van der Waals surface area contributed by atoms with E-state index in [4.69, 9.17) is 0 Å². The van der Waals surface area contributed by atoms with Crippen molar-refractivity contribution in [2.75, 3.05) is 4.31 Å². The Morgan fingerprint density at radius 3 is 2.25 bits per heavy atom. The van der Waals surface area contributed by atoms with E-state index in [0.29, 0.717) is 21.7 Å². The lowest BCUT2D eigenvalue weighted by molar-refractivity contribution is 0.0689. The number of benzene rings is 2. The molecule has 0 saturated heterocycles. The molecule has 1 aromatic heterocycles. The summed E-state index contributed by atoms with van der Waals surface area (Å²) in [4.78, 5) is 23.4. The van der Waals surface area contributed by atoms with Gasteiger partial charge in [-0.2, -0.15) is 0 Å². The van der Waals surface area contributed by atoms with Crippen LogP contribution in [0.3, 0.4) is 0 Å². The minimum Gasteiger partial charge on any atom is -0.755 e. The normalized spacial score (nSPS) is 11.8. The van der Waals surface area contributed by atoms with E-state index in [1.807, 2.05) is 0 Å². The Balaban J connectivity index is 2.25. The molecule has 2 N–H and O–H groups in total. The van der Waals surface area contributed by atoms with Crippen LogP contribution < -0.4 is 4.31 Å². The molecule has 1 atom stereocenters. The van der Waals surface area contributed by atoms with Crippen molar-refractivity contribution >= 4 is 45.9 Å². The third kappa shape index (κ3) is 3.68. The number of aryl methyl sites for hydroxylation is 1. The van der Waals surface area contributed by atoms with E-state index >= 15 is 0 Å². The molecule has 0 spiro atoms. The van der Waals surface area contributed by atoms with Gasteiger partial charge in [0.2, 0.25) is 0 Å². The average molecular weight is 416 g/mol. The van der Waals surface area contributed by atoms with Gasteiger partial charge in [0.25, 0.3) is 0 Å². The minimum atomic E-state index is -2.79. The van der Waals surface area contributed by atoms with Gasteiger partial charge in [-0.15, -0.1) is 11.3 Å². The maximum atomic E-state index is 12.0. The van der Waals surface area contributed by atoms with Crippen molar-refractivity contribution in [3.8, 4) is 10.4 Å². The van der Waals surface area contributed by atoms with Crippen LogP contribution in [0.4, 0.5) is 11.4 Å². The Morgan fingerprint density at radius 1 is 1.00 bits per heavy atom. The number of para-hydroxylation sites is 1. The zero-order chi connectivity index (χ0) is 20.4. The maximum Gasteiger partial charge on any atom is 0.348 e. The summed E-state index contributed by atoms with van der Waals surface area (Å²) in [5.41, 5.74) is 1.22. The lowest BCUT2D eigenvalue weighted by Crippen LogP contribution is -2.21. The second-order valence-electron chi connectivity index (χ2n) is 5.78. The van der Waals surface area contributed by atoms with E-state index in [1.165, 1.54) is 12.1 Å². The summed E-state index contributed by atoms with van der Waals surface area (Å²) in [6.45, 7) is 1.71. The molecule has 0 amide bonds. The molecule has 1 unspecified atom stereocenters. The Labute approximate surface area is 166 Å². The molecule has 144 valence electrons. The van der Waals surface area contributed by atoms with Gasteiger partial charge in [0.1, 0.15) is 4.88 Å². The fourth-order valence-corrected chi connectivity index (χ4v) is 4.53. The van der Waals surface area contributed by atoms with Crippen molar-refractivity contribution in [3.05, 3.63) is 70.6 Å². The number of hydrogen-bond acceptors (Lipinski definition) is 5. The zero-order valence-corrected chi connectivity index (χ0v) is 16.1. The van der Waals surface area contributed by atoms with E-state index in [1.54, 1.807) is 49.4 Å². The standard InChI is InChI=1S/C19H15NO6S2/c1-11-6-2-5-9-14(11)20(28(25)26)15-10-16(27-17(15)19(23)24)12-7-3-4-8-13(12)18(21)22/h2-10H,1H3,(H,21,22)(H,23,24)(H,25,26)/p-1. The van der Waals surface area contributed by atoms with Crippen molar-refractivity contribution in [2.45, 2.75) is 6.92 Å². The summed E-state index contributed by atoms with van der Waals surface area (Å²) < 4.78 is 24.9. The van der Waals surface area contributed by atoms with Crippen LogP contribution in [0.1, 0.15) is 25.6 Å². The number of carboxylic acid groups (broad SMARTS) is 2. The van der Waals surface area contributed by atoms with Gasteiger partial charge in [-0.3, -0.25) is 8.51 Å². The molecular formula is C19H14NO6S2-. The summed E-state index contributed by atoms with van der Waals surface area (Å²) in [6, 6.07) is 14.2. The Kier molecular flexibility index (Phi) is 5.59. The predicted molar refractivity (Wildman–Crippen MR) is 106 cm³/mol. The Hall–Kier alpha value is -3.01. The molecule has 2 aromatic carbocycles. The molecule has 3 aromatic rings. The number of carboxylic acids is 2. The number of anilines is 2. The third-order valence-electron chi connectivity index (χ3n) is 4.03. The van der Waals surface area contributed by atoms with Gasteiger partial charge in [0, 0.05) is 10.4 Å². The van der Waals surface area contributed by atoms with Crippen LogP contribution in [0.2, 0.25) is 0 Å². The van der Waals surface area contributed by atoms with Gasteiger partial charge in [-0.1, -0.05) is 36.4 Å². The van der Waals surface area contributed by atoms with E-state index in [9.17, 15) is 28.6 Å². The monoisotopic (exact) mass is 416 g/mol. The van der Waals surface area contributed by atoms with Gasteiger partial charge < -0.3 is 14.8 Å². The average Bonchev–Trinajstić information content (AvgIpc) is 3.08. The molecule has 0 fully saturated rings. The number of carbonyl (C=O) groups is 2. The highest BCUT2D eigenvalue weighted by Gasteiger charge is 2.25. The van der Waals surface area contributed by atoms with Crippen LogP contribution in [0, 0.1) is 6.92 Å². The first-order valence-corrected chi connectivity index (χ1v) is 9.81. The number of hydrogen-bond donors (Lipinski definition) is 2. The lowest BCUT2D eigenvalue weighted by atomic mass is 10.1. The molecule has 3 rings (SSSR count). The van der Waals surface area contributed by atoms with Gasteiger partial charge in [-0.25, -0.2) is 9.59 Å². The first-order valence-electron chi connectivity index (χ1n) is 7.96. The van der Waals surface area contributed by atoms with E-state index in [2.05, 4.69) is 0 Å². The highest BCUT2D eigenvalue weighted by atomic mass is 32.2. The SMILES string of the molecule is Cc1ccccc1N(c1cc(-c2ccccc2C(=O)O)sc1C(=O)O)S(=O)[O-]. The second-order valence-corrected chi connectivity index (χ2v) is 7.63. The summed E-state index contributed by atoms with van der Waals surface area (Å²) in [6.07, 6.45) is 0. The first kappa shape index (κ1) is 19.7. The highest BCUT2D eigenvalue weighted by Crippen LogP contribution is 2.41. The maximum absolute atomic E-state index is 12.0. The molecule has 0 aliphatic rings. The summed E-state index contributed by atoms with van der Waals surface area (Å²) in [7, 11) is 0. The molecule has 0 radical (unpaired) electrons. The number of aromatic carboxylic acids is 2. The van der Waals surface area contributed by atoms with E-state index in [-0.39, 0.29) is 16.1 Å². The molecule has 0 aliphatic heterocycles. The molecule has 0 aliphatic carbocycles. The number of rotatable bonds is 6. The van der Waals surface area contributed by atoms with Crippen LogP contribution in [-0.2, 0) is 11.3 Å². The van der Waals surface area contributed by atoms with Gasteiger partial charge in [-0.05, 0) is 30.7 Å². The molecule has 7 nitrogen and oxygen atoms in total. The van der Waals surface area contributed by atoms with Gasteiger partial charge in [0.05, 0.1) is 28.2 Å². The molecular weight excluding hydrogens is 402 g/mol. The van der Waals surface area contributed by atoms with E-state index in [0.717, 1.165) is 15.6 Å². The molecule has 9 heteroatoms. The number of nitrogens with zero attached hydrogens (tertiary/aromatic N) is 1. The van der Waals surface area contributed by atoms with Crippen molar-refractivity contribution in [2.24, 2.45) is 0 Å². The van der Waals surface area contributed by atoms with E-state index < -0.39 is 23.2 Å². The zero-order valence-electron chi connectivity index (χ0n) is 14.5. The largest absolute Gasteiger partial charge is 0.755 e. The predicted octanol–water partition coefficient (Wildman–Crippen LogP) is 4.05. The smallest absolute Gasteiger partial charge is 0.348 e. The Bertz CT molecular complexity index is 1090. The van der Waals surface area contributed by atoms with Crippen LogP contribution in [0.15, 0.2) is 54.6 Å². The van der Waals surface area contributed by atoms with Gasteiger partial charge in [0.15, 0.2) is 0 Å². The first-order chi connectivity index (χ1) is 13.3. The van der Waals surface area contributed by atoms with Crippen LogP contribution >= 0.6 is 11.3 Å². The molecule has 0 saturated carbocycles. The summed E-state index contributed by atoms with van der Waals surface area (Å²) >= 11 is -1.97. The minimum absolute atomic E-state index is 0.00192. The Morgan fingerprint density at radius 2 is 1.64 bits per heavy atom. The van der Waals surface area contributed by atoms with Crippen LogP contribution in [0.25, 0.3) is 10.4 Å². The van der Waals surface area contributed by atoms with Gasteiger partial charge >= 0.3 is 11.9 Å². The van der Waals surface area contributed by atoms with Crippen LogP contribution in [-0.4, -0.2) is 30.9 Å². The third-order valence-corrected chi connectivity index (χ3v) is 5.87. The van der Waals surface area contributed by atoms with Crippen molar-refractivity contribution in [3.63, 3.8) is 0 Å². The fraction of sp³-hybridized carbons (Fsp3) is 0.0526. The fourth-order valence-electron chi connectivity index (χ4n) is 2.78. The highest BCUT2D eigenvalue weighted by molar-refractivity contribution is 7.81. The van der Waals surface area contributed by atoms with Crippen LogP contribution in [0.5, 0.6) is 0 Å². The lowest BCUT2D eigenvalue weighted by Gasteiger charge is -2.27. The van der Waals surface area contributed by atoms with Crippen molar-refractivity contribution < 1.29 is 28.6 Å². The molecule has 28 heavy (non-hydrogen) atoms. The van der Waals surface area contributed by atoms with Crippen molar-refractivity contribution in [1.29, 1.82) is 0 Å². The molecule has 0 bridgehead atoms. The topological polar surface area (TPSA) is 118 Å². The van der Waals surface area contributed by atoms with Crippen molar-refractivity contribution in [1.82, 2.24) is 0 Å². The quantitative estimate of drug-likeness (QED) is 0.585. The second kappa shape index (κ2) is 7.93. The summed E-state index contributed by atoms with van der Waals surface area (Å²) in [5.74, 6) is -2.46. The number of thiophene rings is 1.